The van der Waals surface area contributed by atoms with Gasteiger partial charge in [0.1, 0.15) is 34.4 Å². The molecule has 0 amide bonds. The lowest BCUT2D eigenvalue weighted by Gasteiger charge is -2.22. The molecule has 0 saturated carbocycles. The van der Waals surface area contributed by atoms with Crippen LogP contribution in [0, 0.1) is 11.6 Å². The zero-order valence-electron chi connectivity index (χ0n) is 15.5. The number of aromatic nitrogens is 3. The van der Waals surface area contributed by atoms with Crippen LogP contribution in [-0.4, -0.2) is 44.9 Å². The second-order valence-corrected chi connectivity index (χ2v) is 6.68. The molecule has 1 aromatic carbocycles. The molecule has 0 aliphatic rings. The van der Waals surface area contributed by atoms with Crippen LogP contribution in [0.15, 0.2) is 24.5 Å². The highest BCUT2D eigenvalue weighted by atomic mass is 35.5. The number of halogens is 6. The Morgan fingerprint density at radius 1 is 1.23 bits per heavy atom. The van der Waals surface area contributed by atoms with E-state index in [4.69, 9.17) is 21.4 Å². The van der Waals surface area contributed by atoms with E-state index in [-0.39, 0.29) is 37.0 Å². The Morgan fingerprint density at radius 3 is 2.50 bits per heavy atom. The number of aliphatic hydroxyl groups excluding tert-OH is 1. The standard InChI is InChI=1S/C18H16ClF5N4O2/c1-9(18(22,23)24)26-16-14(15(19)27-17-25-3-4-28(16)17)13-11(20)7-10(8-12(13)21)30-6-2-5-29/h3-4,7-9,26,29H,2,5-6H2,1H3/t9-/m1/s1. The van der Waals surface area contributed by atoms with Crippen LogP contribution < -0.4 is 10.1 Å². The molecule has 2 aromatic heterocycles. The van der Waals surface area contributed by atoms with Crippen molar-refractivity contribution in [3.63, 3.8) is 0 Å². The Balaban J connectivity index is 2.16. The number of alkyl halides is 3. The monoisotopic (exact) mass is 450 g/mol. The summed E-state index contributed by atoms with van der Waals surface area (Å²) in [5, 5.41) is 10.5. The number of aliphatic hydroxyl groups is 1. The van der Waals surface area contributed by atoms with Gasteiger partial charge in [0, 0.05) is 37.6 Å². The molecule has 2 heterocycles. The fourth-order valence-electron chi connectivity index (χ4n) is 2.69. The number of nitrogens with one attached hydrogen (secondary N) is 1. The number of hydrogen-bond acceptors (Lipinski definition) is 5. The third kappa shape index (κ3) is 4.41. The van der Waals surface area contributed by atoms with E-state index in [9.17, 15) is 22.0 Å². The van der Waals surface area contributed by atoms with Gasteiger partial charge in [0.2, 0.25) is 5.78 Å². The van der Waals surface area contributed by atoms with Gasteiger partial charge in [0.25, 0.3) is 0 Å². The van der Waals surface area contributed by atoms with Crippen LogP contribution in [0.5, 0.6) is 5.75 Å². The Hall–Kier alpha value is -2.66. The van der Waals surface area contributed by atoms with E-state index in [1.54, 1.807) is 0 Å². The second kappa shape index (κ2) is 8.60. The number of hydrogen-bond donors (Lipinski definition) is 2. The van der Waals surface area contributed by atoms with Crippen LogP contribution in [0.1, 0.15) is 13.3 Å². The number of benzene rings is 1. The van der Waals surface area contributed by atoms with E-state index < -0.39 is 40.1 Å². The number of nitrogens with zero attached hydrogens (tertiary/aromatic N) is 3. The van der Waals surface area contributed by atoms with E-state index in [1.807, 2.05) is 0 Å². The van der Waals surface area contributed by atoms with Crippen LogP contribution in [0.2, 0.25) is 5.15 Å². The van der Waals surface area contributed by atoms with E-state index in [1.165, 1.54) is 12.4 Å². The summed E-state index contributed by atoms with van der Waals surface area (Å²) in [5.74, 6) is -2.74. The largest absolute Gasteiger partial charge is 0.493 e. The van der Waals surface area contributed by atoms with Crippen LogP contribution >= 0.6 is 11.6 Å². The first-order valence-electron chi connectivity index (χ1n) is 8.72. The van der Waals surface area contributed by atoms with Crippen LogP contribution in [0.3, 0.4) is 0 Å². The lowest BCUT2D eigenvalue weighted by atomic mass is 10.1. The van der Waals surface area contributed by atoms with Crippen molar-refractivity contribution < 1.29 is 31.8 Å². The molecule has 6 nitrogen and oxygen atoms in total. The van der Waals surface area contributed by atoms with Crippen molar-refractivity contribution in [1.82, 2.24) is 14.4 Å². The number of rotatable bonds is 7. The average molecular weight is 451 g/mol. The van der Waals surface area contributed by atoms with Gasteiger partial charge in [-0.1, -0.05) is 11.6 Å². The molecule has 0 radical (unpaired) electrons. The summed E-state index contributed by atoms with van der Waals surface area (Å²) in [4.78, 5) is 7.77. The summed E-state index contributed by atoms with van der Waals surface area (Å²) < 4.78 is 75.4. The van der Waals surface area contributed by atoms with E-state index in [0.717, 1.165) is 23.5 Å². The van der Waals surface area contributed by atoms with Gasteiger partial charge in [-0.05, 0) is 6.92 Å². The van der Waals surface area contributed by atoms with E-state index in [2.05, 4.69) is 15.3 Å². The lowest BCUT2D eigenvalue weighted by Crippen LogP contribution is -2.34. The zero-order chi connectivity index (χ0) is 22.1. The Kier molecular flexibility index (Phi) is 6.32. The summed E-state index contributed by atoms with van der Waals surface area (Å²) in [6.07, 6.45) is -1.84. The molecule has 1 atom stereocenters. The van der Waals surface area contributed by atoms with Crippen molar-refractivity contribution in [1.29, 1.82) is 0 Å². The van der Waals surface area contributed by atoms with Gasteiger partial charge in [-0.3, -0.25) is 4.40 Å². The minimum atomic E-state index is -4.64. The molecule has 0 spiro atoms. The predicted octanol–water partition coefficient (Wildman–Crippen LogP) is 4.45. The molecular weight excluding hydrogens is 435 g/mol. The van der Waals surface area contributed by atoms with Crippen LogP contribution in [-0.2, 0) is 0 Å². The first kappa shape index (κ1) is 22.0. The normalized spacial score (nSPS) is 12.9. The average Bonchev–Trinajstić information content (AvgIpc) is 3.10. The van der Waals surface area contributed by atoms with Crippen LogP contribution in [0.25, 0.3) is 16.9 Å². The summed E-state index contributed by atoms with van der Waals surface area (Å²) in [6, 6.07) is -0.310. The molecule has 30 heavy (non-hydrogen) atoms. The van der Waals surface area contributed by atoms with Crippen molar-refractivity contribution in [3.8, 4) is 16.9 Å². The summed E-state index contributed by atoms with van der Waals surface area (Å²) >= 11 is 6.11. The molecule has 3 aromatic rings. The maximum Gasteiger partial charge on any atom is 0.408 e. The zero-order valence-corrected chi connectivity index (χ0v) is 16.2. The summed E-state index contributed by atoms with van der Waals surface area (Å²) in [5.41, 5.74) is -1.07. The molecular formula is C18H16ClF5N4O2. The molecule has 0 unspecified atom stereocenters. The van der Waals surface area contributed by atoms with Gasteiger partial charge >= 0.3 is 6.18 Å². The molecule has 0 fully saturated rings. The highest BCUT2D eigenvalue weighted by Crippen LogP contribution is 2.40. The summed E-state index contributed by atoms with van der Waals surface area (Å²) in [6.45, 7) is 0.710. The number of imidazole rings is 1. The minimum absolute atomic E-state index is 0.0218. The molecule has 0 aliphatic carbocycles. The van der Waals surface area contributed by atoms with Crippen LogP contribution in [0.4, 0.5) is 27.8 Å². The van der Waals surface area contributed by atoms with Crippen molar-refractivity contribution in [3.05, 3.63) is 41.3 Å². The maximum atomic E-state index is 14.8. The van der Waals surface area contributed by atoms with Crippen molar-refractivity contribution >= 4 is 23.2 Å². The molecule has 0 saturated heterocycles. The SMILES string of the molecule is C[C@@H](Nc1c(-c2c(F)cc(OCCCO)cc2F)c(Cl)nc2nccn12)C(F)(F)F. The van der Waals surface area contributed by atoms with Gasteiger partial charge in [-0.2, -0.15) is 18.2 Å². The Labute approximate surface area is 172 Å². The molecule has 162 valence electrons. The number of ether oxygens (including phenoxy) is 1. The van der Waals surface area contributed by atoms with Gasteiger partial charge in [-0.25, -0.2) is 13.8 Å². The van der Waals surface area contributed by atoms with Crippen molar-refractivity contribution in [2.45, 2.75) is 25.6 Å². The highest BCUT2D eigenvalue weighted by Gasteiger charge is 2.37. The van der Waals surface area contributed by atoms with Gasteiger partial charge in [0.15, 0.2) is 0 Å². The highest BCUT2D eigenvalue weighted by molar-refractivity contribution is 6.33. The van der Waals surface area contributed by atoms with Crippen molar-refractivity contribution in [2.24, 2.45) is 0 Å². The topological polar surface area (TPSA) is 71.7 Å². The fraction of sp³-hybridized carbons (Fsp3) is 0.333. The molecule has 2 N–H and O–H groups in total. The molecule has 12 heteroatoms. The second-order valence-electron chi connectivity index (χ2n) is 6.32. The van der Waals surface area contributed by atoms with Crippen molar-refractivity contribution in [2.75, 3.05) is 18.5 Å². The molecule has 3 rings (SSSR count). The smallest absolute Gasteiger partial charge is 0.408 e. The Morgan fingerprint density at radius 2 is 1.90 bits per heavy atom. The van der Waals surface area contributed by atoms with Gasteiger partial charge < -0.3 is 15.2 Å². The molecule has 0 bridgehead atoms. The quantitative estimate of drug-likeness (QED) is 0.316. The summed E-state index contributed by atoms with van der Waals surface area (Å²) in [7, 11) is 0. The third-order valence-corrected chi connectivity index (χ3v) is 4.46. The lowest BCUT2D eigenvalue weighted by molar-refractivity contribution is -0.138. The first-order chi connectivity index (χ1) is 14.1. The fourth-order valence-corrected chi connectivity index (χ4v) is 2.95. The first-order valence-corrected chi connectivity index (χ1v) is 9.10. The third-order valence-electron chi connectivity index (χ3n) is 4.18. The number of fused-ring (bicyclic) bond motifs is 1. The van der Waals surface area contributed by atoms with E-state index >= 15 is 0 Å². The molecule has 0 aliphatic heterocycles. The van der Waals surface area contributed by atoms with Gasteiger partial charge in [0.05, 0.1) is 17.7 Å². The predicted molar refractivity (Wildman–Crippen MR) is 99.7 cm³/mol. The minimum Gasteiger partial charge on any atom is -0.493 e. The maximum absolute atomic E-state index is 14.8. The number of anilines is 1. The van der Waals surface area contributed by atoms with E-state index in [0.29, 0.717) is 0 Å². The van der Waals surface area contributed by atoms with Gasteiger partial charge in [-0.15, -0.1) is 0 Å². The Bertz CT molecular complexity index is 1030.